The molecule has 0 saturated carbocycles. The molecule has 2 amide bonds. The Morgan fingerprint density at radius 2 is 1.95 bits per heavy atom. The van der Waals surface area contributed by atoms with Gasteiger partial charge in [-0.3, -0.25) is 9.59 Å². The highest BCUT2D eigenvalue weighted by Gasteiger charge is 2.16. The van der Waals surface area contributed by atoms with Gasteiger partial charge in [-0.25, -0.2) is 8.78 Å². The van der Waals surface area contributed by atoms with Crippen LogP contribution in [0, 0.1) is 17.6 Å². The van der Waals surface area contributed by atoms with Gasteiger partial charge in [0, 0.05) is 12.5 Å². The second-order valence-electron chi connectivity index (χ2n) is 4.27. The maximum absolute atomic E-state index is 13.4. The number of carbonyl (C=O) groups is 2. The fraction of sp³-hybridized carbons (Fsp3) is 0.333. The number of carbonyl (C=O) groups excluding carboxylic acids is 2. The monoisotopic (exact) mass is 271 g/mol. The molecule has 1 aromatic rings. The van der Waals surface area contributed by atoms with Gasteiger partial charge in [0.2, 0.25) is 5.91 Å². The number of halogens is 2. The molecular weight excluding hydrogens is 256 g/mol. The highest BCUT2D eigenvalue weighted by atomic mass is 19.1. The number of rotatable bonds is 5. The molecule has 5 nitrogen and oxygen atoms in total. The van der Waals surface area contributed by atoms with Crippen molar-refractivity contribution in [2.45, 2.75) is 13.3 Å². The Kier molecular flexibility index (Phi) is 4.94. The van der Waals surface area contributed by atoms with Crippen LogP contribution in [0.4, 0.5) is 14.5 Å². The van der Waals surface area contributed by atoms with Crippen LogP contribution in [0.2, 0.25) is 0 Å². The number of hydrogen-bond donors (Lipinski definition) is 3. The number of anilines is 1. The van der Waals surface area contributed by atoms with E-state index >= 15 is 0 Å². The summed E-state index contributed by atoms with van der Waals surface area (Å²) in [6.07, 6.45) is 0.0964. The molecule has 0 aliphatic carbocycles. The Hall–Kier alpha value is -2.02. The van der Waals surface area contributed by atoms with E-state index < -0.39 is 29.0 Å². The maximum atomic E-state index is 13.4. The summed E-state index contributed by atoms with van der Waals surface area (Å²) in [6, 6.07) is 1.38. The first-order valence-corrected chi connectivity index (χ1v) is 5.64. The lowest BCUT2D eigenvalue weighted by atomic mass is 10.1. The van der Waals surface area contributed by atoms with E-state index in [1.165, 1.54) is 0 Å². The zero-order chi connectivity index (χ0) is 14.6. The largest absolute Gasteiger partial charge is 0.366 e. The van der Waals surface area contributed by atoms with Crippen molar-refractivity contribution in [3.05, 3.63) is 29.3 Å². The molecule has 5 N–H and O–H groups in total. The van der Waals surface area contributed by atoms with Gasteiger partial charge in [0.05, 0.1) is 11.3 Å². The number of hydrogen-bond acceptors (Lipinski definition) is 3. The molecule has 1 unspecified atom stereocenters. The molecule has 1 rings (SSSR count). The molecule has 0 bridgehead atoms. The van der Waals surface area contributed by atoms with Gasteiger partial charge < -0.3 is 16.8 Å². The highest BCUT2D eigenvalue weighted by molar-refractivity contribution is 5.96. The minimum absolute atomic E-state index is 0.0703. The van der Waals surface area contributed by atoms with Gasteiger partial charge in [0.15, 0.2) is 0 Å². The molecule has 1 atom stereocenters. The van der Waals surface area contributed by atoms with E-state index in [1.54, 1.807) is 6.92 Å². The lowest BCUT2D eigenvalue weighted by molar-refractivity contribution is -0.116. The van der Waals surface area contributed by atoms with E-state index in [2.05, 4.69) is 5.32 Å². The average molecular weight is 271 g/mol. The Bertz CT molecular complexity index is 506. The van der Waals surface area contributed by atoms with Crippen molar-refractivity contribution in [1.29, 1.82) is 0 Å². The van der Waals surface area contributed by atoms with Gasteiger partial charge in [-0.2, -0.15) is 0 Å². The number of benzene rings is 1. The van der Waals surface area contributed by atoms with Crippen LogP contribution in [-0.4, -0.2) is 18.4 Å². The third kappa shape index (κ3) is 3.99. The molecule has 0 aliphatic heterocycles. The molecule has 104 valence electrons. The zero-order valence-corrected chi connectivity index (χ0v) is 10.4. The average Bonchev–Trinajstić information content (AvgIpc) is 2.31. The van der Waals surface area contributed by atoms with Crippen LogP contribution in [-0.2, 0) is 4.79 Å². The van der Waals surface area contributed by atoms with Gasteiger partial charge in [-0.15, -0.1) is 0 Å². The van der Waals surface area contributed by atoms with Gasteiger partial charge >= 0.3 is 0 Å². The molecule has 0 spiro atoms. The van der Waals surface area contributed by atoms with Crippen LogP contribution in [0.1, 0.15) is 23.7 Å². The fourth-order valence-electron chi connectivity index (χ4n) is 1.43. The van der Waals surface area contributed by atoms with E-state index in [9.17, 15) is 18.4 Å². The predicted molar refractivity (Wildman–Crippen MR) is 66.3 cm³/mol. The van der Waals surface area contributed by atoms with Crippen molar-refractivity contribution in [2.24, 2.45) is 17.4 Å². The summed E-state index contributed by atoms with van der Waals surface area (Å²) in [7, 11) is 0. The van der Waals surface area contributed by atoms with Crippen LogP contribution < -0.4 is 16.8 Å². The summed E-state index contributed by atoms with van der Waals surface area (Å²) in [5, 5.41) is 2.25. The van der Waals surface area contributed by atoms with Gasteiger partial charge in [0.1, 0.15) is 11.6 Å². The second kappa shape index (κ2) is 6.24. The minimum Gasteiger partial charge on any atom is -0.366 e. The van der Waals surface area contributed by atoms with Crippen LogP contribution >= 0.6 is 0 Å². The smallest absolute Gasteiger partial charge is 0.251 e. The van der Waals surface area contributed by atoms with Crippen molar-refractivity contribution in [1.82, 2.24) is 0 Å². The summed E-state index contributed by atoms with van der Waals surface area (Å²) < 4.78 is 26.7. The van der Waals surface area contributed by atoms with E-state index in [-0.39, 0.29) is 18.0 Å². The van der Waals surface area contributed by atoms with Crippen LogP contribution in [0.5, 0.6) is 0 Å². The molecule has 7 heteroatoms. The van der Waals surface area contributed by atoms with Crippen molar-refractivity contribution in [2.75, 3.05) is 11.9 Å². The van der Waals surface area contributed by atoms with Gasteiger partial charge in [0.25, 0.3) is 5.91 Å². The fourth-order valence-corrected chi connectivity index (χ4v) is 1.43. The SMILES string of the molecule is CC(CN)CC(=O)Nc1cc(C(N)=O)c(F)cc1F. The molecule has 0 aromatic heterocycles. The summed E-state index contributed by atoms with van der Waals surface area (Å²) >= 11 is 0. The Balaban J connectivity index is 2.92. The molecular formula is C12H15F2N3O2. The van der Waals surface area contributed by atoms with Gasteiger partial charge in [-0.05, 0) is 18.5 Å². The first kappa shape index (κ1) is 15.0. The Labute approximate surface area is 109 Å². The summed E-state index contributed by atoms with van der Waals surface area (Å²) in [4.78, 5) is 22.5. The lowest BCUT2D eigenvalue weighted by Gasteiger charge is -2.11. The van der Waals surface area contributed by atoms with Crippen molar-refractivity contribution in [3.8, 4) is 0 Å². The summed E-state index contributed by atoms with van der Waals surface area (Å²) in [6.45, 7) is 2.07. The van der Waals surface area contributed by atoms with Gasteiger partial charge in [-0.1, -0.05) is 6.92 Å². The molecule has 19 heavy (non-hydrogen) atoms. The van der Waals surface area contributed by atoms with Crippen LogP contribution in [0.15, 0.2) is 12.1 Å². The highest BCUT2D eigenvalue weighted by Crippen LogP contribution is 2.20. The van der Waals surface area contributed by atoms with Crippen molar-refractivity contribution in [3.63, 3.8) is 0 Å². The number of primary amides is 1. The third-order valence-corrected chi connectivity index (χ3v) is 2.53. The van der Waals surface area contributed by atoms with E-state index in [0.29, 0.717) is 12.6 Å². The molecule has 0 radical (unpaired) electrons. The zero-order valence-electron chi connectivity index (χ0n) is 10.4. The second-order valence-corrected chi connectivity index (χ2v) is 4.27. The standard InChI is InChI=1S/C12H15F2N3O2/c1-6(5-15)2-11(18)17-10-3-7(12(16)19)8(13)4-9(10)14/h3-4,6H,2,5,15H2,1H3,(H2,16,19)(H,17,18). The molecule has 0 aliphatic rings. The number of amides is 2. The number of nitrogens with two attached hydrogens (primary N) is 2. The van der Waals surface area contributed by atoms with E-state index in [0.717, 1.165) is 6.07 Å². The normalized spacial score (nSPS) is 12.0. The predicted octanol–water partition coefficient (Wildman–Crippen LogP) is 0.987. The molecule has 1 aromatic carbocycles. The molecule has 0 saturated heterocycles. The minimum atomic E-state index is -1.07. The third-order valence-electron chi connectivity index (χ3n) is 2.53. The molecule has 0 heterocycles. The van der Waals surface area contributed by atoms with Crippen LogP contribution in [0.25, 0.3) is 0 Å². The Morgan fingerprint density at radius 3 is 2.47 bits per heavy atom. The van der Waals surface area contributed by atoms with Crippen molar-refractivity contribution < 1.29 is 18.4 Å². The van der Waals surface area contributed by atoms with Crippen LogP contribution in [0.3, 0.4) is 0 Å². The first-order chi connectivity index (χ1) is 8.85. The van der Waals surface area contributed by atoms with E-state index in [4.69, 9.17) is 11.5 Å². The quantitative estimate of drug-likeness (QED) is 0.744. The summed E-state index contributed by atoms with van der Waals surface area (Å²) in [5.41, 5.74) is 9.53. The van der Waals surface area contributed by atoms with E-state index in [1.807, 2.05) is 0 Å². The van der Waals surface area contributed by atoms with Crippen molar-refractivity contribution >= 4 is 17.5 Å². The Morgan fingerprint density at radius 1 is 1.32 bits per heavy atom. The topological polar surface area (TPSA) is 98.2 Å². The first-order valence-electron chi connectivity index (χ1n) is 5.64. The number of nitrogens with one attached hydrogen (secondary N) is 1. The maximum Gasteiger partial charge on any atom is 0.251 e. The summed E-state index contributed by atoms with van der Waals surface area (Å²) in [5.74, 6) is -3.63. The molecule has 0 fully saturated rings. The lowest BCUT2D eigenvalue weighted by Crippen LogP contribution is -2.21.